The fourth-order valence-corrected chi connectivity index (χ4v) is 3.00. The Morgan fingerprint density at radius 1 is 0.675 bits per heavy atom. The van der Waals surface area contributed by atoms with E-state index in [-0.39, 0.29) is 12.0 Å². The van der Waals surface area contributed by atoms with Crippen LogP contribution in [0.2, 0.25) is 0 Å². The van der Waals surface area contributed by atoms with Gasteiger partial charge in [0.1, 0.15) is 0 Å². The van der Waals surface area contributed by atoms with Gasteiger partial charge in [0.25, 0.3) is 10.0 Å². The SMILES string of the molecule is C=C(CC)C(=O)O.CCCCNS(=O)(=O)C(F)(F)C(F)(F)C(F)(F)C(F)(F)C(F)(F)C(F)(F)C(F)(F)C(F)(F)F. The summed E-state index contributed by atoms with van der Waals surface area (Å²) in [4.78, 5) is 9.83. The largest absolute Gasteiger partial charge is 0.478 e. The highest BCUT2D eigenvalue weighted by Gasteiger charge is 2.96. The third-order valence-corrected chi connectivity index (χ3v) is 6.10. The van der Waals surface area contributed by atoms with Crippen molar-refractivity contribution in [3.8, 4) is 0 Å². The molecule has 5 nitrogen and oxygen atoms in total. The van der Waals surface area contributed by atoms with E-state index in [0.717, 1.165) is 0 Å². The van der Waals surface area contributed by atoms with E-state index in [1.54, 1.807) is 6.92 Å². The van der Waals surface area contributed by atoms with Crippen LogP contribution < -0.4 is 4.72 Å². The van der Waals surface area contributed by atoms with Gasteiger partial charge in [-0.3, -0.25) is 0 Å². The lowest BCUT2D eigenvalue weighted by Crippen LogP contribution is -2.75. The highest BCUT2D eigenvalue weighted by atomic mass is 32.2. The molecule has 240 valence electrons. The fourth-order valence-electron chi connectivity index (χ4n) is 1.94. The number of alkyl halides is 17. The molecule has 0 aliphatic heterocycles. The van der Waals surface area contributed by atoms with Gasteiger partial charge in [-0.25, -0.2) is 17.9 Å². The number of nitrogens with one attached hydrogen (secondary N) is 1. The zero-order valence-electron chi connectivity index (χ0n) is 19.5. The molecule has 0 bridgehead atoms. The first kappa shape index (κ1) is 40.1. The van der Waals surface area contributed by atoms with Gasteiger partial charge in [0.05, 0.1) is 0 Å². The number of sulfonamides is 1. The first-order valence-electron chi connectivity index (χ1n) is 9.86. The minimum absolute atomic E-state index is 0.0760. The maximum atomic E-state index is 13.6. The van der Waals surface area contributed by atoms with Gasteiger partial charge in [0.15, 0.2) is 0 Å². The summed E-state index contributed by atoms with van der Waals surface area (Å²) < 4.78 is 244. The second-order valence-corrected chi connectivity index (χ2v) is 9.28. The Hall–Kier alpha value is -2.07. The van der Waals surface area contributed by atoms with Crippen LogP contribution >= 0.6 is 0 Å². The number of unbranched alkanes of at least 4 members (excludes halogenated alkanes) is 1. The molecule has 0 fully saturated rings. The maximum absolute atomic E-state index is 13.6. The monoisotopic (exact) mass is 655 g/mol. The summed E-state index contributed by atoms with van der Waals surface area (Å²) in [6.45, 7) is 5.03. The van der Waals surface area contributed by atoms with Crippen molar-refractivity contribution in [1.82, 2.24) is 4.72 Å². The molecule has 0 atom stereocenters. The molecule has 2 N–H and O–H groups in total. The lowest BCUT2D eigenvalue weighted by molar-refractivity contribution is -0.458. The Kier molecular flexibility index (Phi) is 12.1. The van der Waals surface area contributed by atoms with Crippen LogP contribution in [0.15, 0.2) is 12.2 Å². The van der Waals surface area contributed by atoms with Crippen LogP contribution in [0.1, 0.15) is 33.1 Å². The summed E-state index contributed by atoms with van der Waals surface area (Å²) in [5, 5.41) is 0.581. The Balaban J connectivity index is 0. The maximum Gasteiger partial charge on any atom is 0.460 e. The van der Waals surface area contributed by atoms with Gasteiger partial charge in [-0.05, 0) is 12.8 Å². The molecule has 0 aromatic heterocycles. The van der Waals surface area contributed by atoms with Gasteiger partial charge in [-0.15, -0.1) is 0 Å². The second kappa shape index (κ2) is 12.0. The van der Waals surface area contributed by atoms with E-state index in [0.29, 0.717) is 11.1 Å². The van der Waals surface area contributed by atoms with E-state index < -0.39 is 75.9 Å². The minimum atomic E-state index is -8.82. The Bertz CT molecular complexity index is 1010. The smallest absolute Gasteiger partial charge is 0.460 e. The molecule has 23 heteroatoms. The van der Waals surface area contributed by atoms with Crippen molar-refractivity contribution < 1.29 is 93.0 Å². The van der Waals surface area contributed by atoms with Crippen LogP contribution in [0.4, 0.5) is 74.6 Å². The van der Waals surface area contributed by atoms with E-state index in [4.69, 9.17) is 5.11 Å². The fraction of sp³-hybridized carbons (Fsp3) is 0.824. The minimum Gasteiger partial charge on any atom is -0.478 e. The molecule has 0 rings (SSSR count). The molecule has 0 aliphatic rings. The first-order chi connectivity index (χ1) is 17.2. The number of rotatable bonds is 13. The van der Waals surface area contributed by atoms with Gasteiger partial charge in [-0.2, -0.15) is 74.6 Å². The first-order valence-corrected chi connectivity index (χ1v) is 11.3. The number of carbonyl (C=O) groups is 1. The van der Waals surface area contributed by atoms with Crippen molar-refractivity contribution in [3.05, 3.63) is 12.2 Å². The molecule has 40 heavy (non-hydrogen) atoms. The molecule has 0 aromatic rings. The quantitative estimate of drug-likeness (QED) is 0.131. The summed E-state index contributed by atoms with van der Waals surface area (Å²) in [6.07, 6.45) is -7.88. The molecular weight excluding hydrogens is 637 g/mol. The van der Waals surface area contributed by atoms with Crippen molar-refractivity contribution in [2.45, 2.75) is 80.1 Å². The third-order valence-electron chi connectivity index (χ3n) is 4.58. The van der Waals surface area contributed by atoms with E-state index in [1.807, 2.05) is 0 Å². The summed E-state index contributed by atoms with van der Waals surface area (Å²) in [5.41, 5.74) is 0.264. The number of hydrogen-bond acceptors (Lipinski definition) is 3. The highest BCUT2D eigenvalue weighted by Crippen LogP contribution is 2.64. The van der Waals surface area contributed by atoms with E-state index in [9.17, 15) is 87.8 Å². The molecule has 0 saturated heterocycles. The molecule has 0 unspecified atom stereocenters. The number of carboxylic acids is 1. The molecule has 0 radical (unpaired) electrons. The van der Waals surface area contributed by atoms with Crippen molar-refractivity contribution in [3.63, 3.8) is 0 Å². The number of hydrogen-bond donors (Lipinski definition) is 2. The lowest BCUT2D eigenvalue weighted by atomic mass is 9.91. The molecule has 0 heterocycles. The number of aliphatic carboxylic acids is 1. The Morgan fingerprint density at radius 3 is 1.25 bits per heavy atom. The van der Waals surface area contributed by atoms with Crippen molar-refractivity contribution >= 4 is 16.0 Å². The summed E-state index contributed by atoms with van der Waals surface area (Å²) in [6, 6.07) is 0. The topological polar surface area (TPSA) is 83.5 Å². The average Bonchev–Trinajstić information content (AvgIpc) is 2.77. The number of carboxylic acid groups (broad SMARTS) is 1. The molecule has 0 spiro atoms. The second-order valence-electron chi connectivity index (χ2n) is 7.47. The lowest BCUT2D eigenvalue weighted by Gasteiger charge is -2.42. The summed E-state index contributed by atoms with van der Waals surface area (Å²) >= 11 is 0. The van der Waals surface area contributed by atoms with Crippen LogP contribution in [0, 0.1) is 0 Å². The molecule has 0 amide bonds. The number of halogens is 17. The molecule has 0 aliphatic carbocycles. The summed E-state index contributed by atoms with van der Waals surface area (Å²) in [5.74, 6) is -52.4. The van der Waals surface area contributed by atoms with Gasteiger partial charge in [0.2, 0.25) is 0 Å². The third kappa shape index (κ3) is 6.53. The van der Waals surface area contributed by atoms with Gasteiger partial charge >= 0.3 is 52.9 Å². The van der Waals surface area contributed by atoms with Crippen LogP contribution in [0.25, 0.3) is 0 Å². The van der Waals surface area contributed by atoms with Gasteiger partial charge in [-0.1, -0.05) is 26.8 Å². The predicted octanol–water partition coefficient (Wildman–Crippen LogP) is 6.71. The standard InChI is InChI=1S/C12H10F17NO2S.C5H8O2/c1-2-3-4-30-33(31,32)12(28,29)10(23,24)8(19,20)6(15,16)5(13,14)7(17,18)9(21,22)11(25,26)27;1-3-4(2)5(6)7/h30H,2-4H2,1H3;2-3H2,1H3,(H,6,7). The van der Waals surface area contributed by atoms with E-state index in [2.05, 4.69) is 6.58 Å². The zero-order valence-corrected chi connectivity index (χ0v) is 20.4. The van der Waals surface area contributed by atoms with Crippen LogP contribution in [-0.4, -0.2) is 73.0 Å². The Morgan fingerprint density at radius 2 is 1.00 bits per heavy atom. The average molecular weight is 655 g/mol. The molecule has 0 aromatic carbocycles. The van der Waals surface area contributed by atoms with E-state index in [1.165, 1.54) is 6.92 Å². The van der Waals surface area contributed by atoms with Crippen molar-refractivity contribution in [1.29, 1.82) is 0 Å². The van der Waals surface area contributed by atoms with Crippen LogP contribution in [0.3, 0.4) is 0 Å². The van der Waals surface area contributed by atoms with Gasteiger partial charge < -0.3 is 5.11 Å². The highest BCUT2D eigenvalue weighted by molar-refractivity contribution is 7.90. The zero-order chi connectivity index (χ0) is 33.2. The van der Waals surface area contributed by atoms with Gasteiger partial charge in [0, 0.05) is 12.1 Å². The molecule has 0 saturated carbocycles. The molecular formula is C17H18F17NO4S. The normalized spacial score (nSPS) is 14.9. The van der Waals surface area contributed by atoms with Crippen LogP contribution in [-0.2, 0) is 14.8 Å². The van der Waals surface area contributed by atoms with E-state index >= 15 is 0 Å². The van der Waals surface area contributed by atoms with Crippen molar-refractivity contribution in [2.24, 2.45) is 0 Å². The Labute approximate surface area is 213 Å². The predicted molar refractivity (Wildman–Crippen MR) is 99.6 cm³/mol. The van der Waals surface area contributed by atoms with Crippen LogP contribution in [0.5, 0.6) is 0 Å². The van der Waals surface area contributed by atoms with Crippen molar-refractivity contribution in [2.75, 3.05) is 6.54 Å². The summed E-state index contributed by atoms with van der Waals surface area (Å²) in [7, 11) is -7.17.